The number of aliphatic carboxylic acids is 1. The zero-order valence-electron chi connectivity index (χ0n) is 23.7. The van der Waals surface area contributed by atoms with E-state index in [1.54, 1.807) is 0 Å². The van der Waals surface area contributed by atoms with Gasteiger partial charge in [0.1, 0.15) is 12.1 Å². The molecule has 0 saturated carbocycles. The molecule has 0 aliphatic carbocycles. The Balaban J connectivity index is 3.56. The molecule has 2 N–H and O–H groups in total. The van der Waals surface area contributed by atoms with Crippen molar-refractivity contribution in [3.05, 3.63) is 0 Å². The lowest BCUT2D eigenvalue weighted by atomic mass is 9.96. The van der Waals surface area contributed by atoms with Crippen molar-refractivity contribution in [1.82, 2.24) is 0 Å². The fourth-order valence-corrected chi connectivity index (χ4v) is 5.30. The van der Waals surface area contributed by atoms with E-state index in [1.165, 1.54) is 96.3 Å². The van der Waals surface area contributed by atoms with Crippen LogP contribution in [-0.4, -0.2) is 53.5 Å². The Morgan fingerprint density at radius 1 is 0.647 bits per heavy atom. The Labute approximate surface area is 213 Å². The molecule has 0 fully saturated rings. The SMILES string of the molecule is CCCCCCCCCCCCCCCCCCC(C)(O)C[N+](C)(C)CCCCCCC(=O)O. The summed E-state index contributed by atoms with van der Waals surface area (Å²) in [4.78, 5) is 10.6. The van der Waals surface area contributed by atoms with Crippen LogP contribution in [0.3, 0.4) is 0 Å². The zero-order chi connectivity index (χ0) is 25.5. The topological polar surface area (TPSA) is 57.5 Å². The van der Waals surface area contributed by atoms with Crippen molar-refractivity contribution < 1.29 is 19.5 Å². The van der Waals surface area contributed by atoms with Gasteiger partial charge in [0.15, 0.2) is 0 Å². The van der Waals surface area contributed by atoms with Gasteiger partial charge in [0, 0.05) is 6.42 Å². The van der Waals surface area contributed by atoms with Gasteiger partial charge in [-0.15, -0.1) is 0 Å². The second-order valence-electron chi connectivity index (χ2n) is 11.9. The van der Waals surface area contributed by atoms with Crippen molar-refractivity contribution in [3.63, 3.8) is 0 Å². The molecule has 0 heterocycles. The number of hydrogen-bond acceptors (Lipinski definition) is 2. The van der Waals surface area contributed by atoms with E-state index in [9.17, 15) is 9.90 Å². The first-order valence-corrected chi connectivity index (χ1v) is 14.9. The predicted octanol–water partition coefficient (Wildman–Crippen LogP) is 8.50. The van der Waals surface area contributed by atoms with E-state index in [-0.39, 0.29) is 6.42 Å². The lowest BCUT2D eigenvalue weighted by molar-refractivity contribution is -0.896. The first-order chi connectivity index (χ1) is 16.2. The second kappa shape index (κ2) is 21.7. The first kappa shape index (κ1) is 33.4. The third-order valence-electron chi connectivity index (χ3n) is 7.24. The van der Waals surface area contributed by atoms with Crippen LogP contribution in [0.2, 0.25) is 0 Å². The number of quaternary nitrogens is 1. The molecule has 0 bridgehead atoms. The summed E-state index contributed by atoms with van der Waals surface area (Å²) in [6.07, 6.45) is 27.2. The number of rotatable bonds is 26. The molecular weight excluding hydrogens is 422 g/mol. The highest BCUT2D eigenvalue weighted by molar-refractivity contribution is 5.66. The van der Waals surface area contributed by atoms with Gasteiger partial charge in [-0.25, -0.2) is 0 Å². The number of hydrogen-bond donors (Lipinski definition) is 2. The fraction of sp³-hybridized carbons (Fsp3) is 0.967. The third kappa shape index (κ3) is 24.5. The zero-order valence-corrected chi connectivity index (χ0v) is 23.7. The van der Waals surface area contributed by atoms with E-state index in [2.05, 4.69) is 21.0 Å². The minimum Gasteiger partial charge on any atom is -0.481 e. The van der Waals surface area contributed by atoms with Crippen LogP contribution >= 0.6 is 0 Å². The molecule has 0 radical (unpaired) electrons. The molecule has 0 saturated heterocycles. The monoisotopic (exact) mass is 484 g/mol. The Hall–Kier alpha value is -0.610. The van der Waals surface area contributed by atoms with Crippen LogP contribution in [0.25, 0.3) is 0 Å². The molecule has 0 spiro atoms. The van der Waals surface area contributed by atoms with Gasteiger partial charge in [0.25, 0.3) is 0 Å². The van der Waals surface area contributed by atoms with Crippen molar-refractivity contribution in [1.29, 1.82) is 0 Å². The third-order valence-corrected chi connectivity index (χ3v) is 7.24. The number of likely N-dealkylation sites (N-methyl/N-ethyl adjacent to an activating group) is 1. The molecule has 0 aliphatic rings. The van der Waals surface area contributed by atoms with Crippen LogP contribution < -0.4 is 0 Å². The predicted molar refractivity (Wildman–Crippen MR) is 147 cm³/mol. The molecule has 0 aromatic carbocycles. The van der Waals surface area contributed by atoms with Crippen molar-refractivity contribution in [3.8, 4) is 0 Å². The van der Waals surface area contributed by atoms with E-state index >= 15 is 0 Å². The van der Waals surface area contributed by atoms with E-state index in [0.717, 1.165) is 56.1 Å². The normalized spacial score (nSPS) is 13.8. The molecule has 0 amide bonds. The minimum absolute atomic E-state index is 0.284. The summed E-state index contributed by atoms with van der Waals surface area (Å²) in [5, 5.41) is 19.6. The van der Waals surface area contributed by atoms with Gasteiger partial charge in [0.05, 0.1) is 20.6 Å². The van der Waals surface area contributed by atoms with Crippen molar-refractivity contribution >= 4 is 5.97 Å². The average molecular weight is 485 g/mol. The van der Waals surface area contributed by atoms with Gasteiger partial charge < -0.3 is 14.7 Å². The number of carboxylic acid groups (broad SMARTS) is 1. The number of nitrogens with zero attached hydrogens (tertiary/aromatic N) is 1. The highest BCUT2D eigenvalue weighted by Gasteiger charge is 2.29. The van der Waals surface area contributed by atoms with Gasteiger partial charge in [0.2, 0.25) is 0 Å². The summed E-state index contributed by atoms with van der Waals surface area (Å²) in [6.45, 7) is 6.13. The van der Waals surface area contributed by atoms with Gasteiger partial charge in [-0.2, -0.15) is 0 Å². The lowest BCUT2D eigenvalue weighted by Crippen LogP contribution is -2.50. The molecule has 4 heteroatoms. The van der Waals surface area contributed by atoms with Crippen LogP contribution in [0.4, 0.5) is 0 Å². The summed E-state index contributed by atoms with van der Waals surface area (Å²) >= 11 is 0. The Kier molecular flexibility index (Phi) is 21.3. The molecule has 0 aliphatic heterocycles. The molecule has 1 unspecified atom stereocenters. The van der Waals surface area contributed by atoms with Crippen LogP contribution in [0.1, 0.15) is 155 Å². The number of carboxylic acids is 1. The van der Waals surface area contributed by atoms with Crippen LogP contribution in [0.5, 0.6) is 0 Å². The first-order valence-electron chi connectivity index (χ1n) is 14.9. The summed E-state index contributed by atoms with van der Waals surface area (Å²) in [7, 11) is 4.42. The summed E-state index contributed by atoms with van der Waals surface area (Å²) in [6, 6.07) is 0. The maximum absolute atomic E-state index is 10.9. The molecule has 0 aromatic rings. The molecule has 34 heavy (non-hydrogen) atoms. The Bertz CT molecular complexity index is 462. The minimum atomic E-state index is -0.693. The molecular formula is C30H62NO3+. The van der Waals surface area contributed by atoms with E-state index < -0.39 is 11.6 Å². The summed E-state index contributed by atoms with van der Waals surface area (Å²) in [5.74, 6) is -0.693. The van der Waals surface area contributed by atoms with Gasteiger partial charge in [-0.05, 0) is 32.6 Å². The lowest BCUT2D eigenvalue weighted by Gasteiger charge is -2.36. The fourth-order valence-electron chi connectivity index (χ4n) is 5.30. The highest BCUT2D eigenvalue weighted by Crippen LogP contribution is 2.20. The maximum atomic E-state index is 10.9. The van der Waals surface area contributed by atoms with Gasteiger partial charge >= 0.3 is 5.97 Å². The van der Waals surface area contributed by atoms with Crippen LogP contribution in [0, 0.1) is 0 Å². The standard InChI is InChI=1S/C30H61NO3/c1-5-6-7-8-9-10-11-12-13-14-15-16-17-18-20-23-26-30(2,34)28-31(3,4)27-24-21-19-22-25-29(32)33/h34H,5-28H2,1-4H3/p+1. The Morgan fingerprint density at radius 2 is 1.03 bits per heavy atom. The highest BCUT2D eigenvalue weighted by atomic mass is 16.4. The quantitative estimate of drug-likeness (QED) is 0.0955. The number of carbonyl (C=O) groups is 1. The summed E-state index contributed by atoms with van der Waals surface area (Å²) < 4.78 is 0.838. The van der Waals surface area contributed by atoms with Gasteiger partial charge in [-0.1, -0.05) is 116 Å². The van der Waals surface area contributed by atoms with E-state index in [0.29, 0.717) is 0 Å². The van der Waals surface area contributed by atoms with Crippen molar-refractivity contribution in [2.24, 2.45) is 0 Å². The smallest absolute Gasteiger partial charge is 0.303 e. The number of aliphatic hydroxyl groups is 1. The second-order valence-corrected chi connectivity index (χ2v) is 11.9. The molecule has 0 aromatic heterocycles. The largest absolute Gasteiger partial charge is 0.481 e. The molecule has 4 nitrogen and oxygen atoms in total. The molecule has 0 rings (SSSR count). The van der Waals surface area contributed by atoms with Gasteiger partial charge in [-0.3, -0.25) is 4.79 Å². The average Bonchev–Trinajstić information content (AvgIpc) is 2.74. The molecule has 1 atom stereocenters. The van der Waals surface area contributed by atoms with E-state index in [1.807, 2.05) is 6.92 Å². The van der Waals surface area contributed by atoms with Crippen LogP contribution in [0.15, 0.2) is 0 Å². The summed E-state index contributed by atoms with van der Waals surface area (Å²) in [5.41, 5.74) is -0.594. The van der Waals surface area contributed by atoms with Crippen LogP contribution in [-0.2, 0) is 4.79 Å². The number of unbranched alkanes of at least 4 members (excludes halogenated alkanes) is 18. The van der Waals surface area contributed by atoms with E-state index in [4.69, 9.17) is 5.11 Å². The maximum Gasteiger partial charge on any atom is 0.303 e. The molecule has 204 valence electrons. The van der Waals surface area contributed by atoms with Crippen molar-refractivity contribution in [2.75, 3.05) is 27.2 Å². The van der Waals surface area contributed by atoms with Crippen molar-refractivity contribution in [2.45, 2.75) is 161 Å². The Morgan fingerprint density at radius 3 is 1.47 bits per heavy atom.